The average molecular weight is 198 g/mol. The molecule has 0 aromatic heterocycles. The highest BCUT2D eigenvalue weighted by molar-refractivity contribution is 5.17. The lowest BCUT2D eigenvalue weighted by Crippen LogP contribution is -2.26. The second-order valence-corrected chi connectivity index (χ2v) is 4.21. The van der Waals surface area contributed by atoms with Gasteiger partial charge in [0.1, 0.15) is 11.4 Å². The highest BCUT2D eigenvalue weighted by atomic mass is 16.8. The van der Waals surface area contributed by atoms with Crippen molar-refractivity contribution in [3.05, 3.63) is 24.2 Å². The van der Waals surface area contributed by atoms with Crippen LogP contribution in [-0.4, -0.2) is 18.5 Å². The first-order valence-corrected chi connectivity index (χ1v) is 4.67. The van der Waals surface area contributed by atoms with Crippen molar-refractivity contribution in [2.24, 2.45) is 0 Å². The van der Waals surface area contributed by atoms with Crippen molar-refractivity contribution in [2.45, 2.75) is 39.1 Å². The minimum absolute atomic E-state index is 0.373. The molecule has 0 N–H and O–H groups in total. The lowest BCUT2D eigenvalue weighted by Gasteiger charge is -2.18. The van der Waals surface area contributed by atoms with Gasteiger partial charge in [-0.3, -0.25) is 0 Å². The Morgan fingerprint density at radius 2 is 1.86 bits per heavy atom. The van der Waals surface area contributed by atoms with Crippen LogP contribution in [0.3, 0.4) is 0 Å². The van der Waals surface area contributed by atoms with Crippen molar-refractivity contribution >= 4 is 0 Å². The number of rotatable bonds is 2. The summed E-state index contributed by atoms with van der Waals surface area (Å²) in [4.78, 5) is 0. The molecule has 80 valence electrons. The highest BCUT2D eigenvalue weighted by Gasteiger charge is 2.43. The van der Waals surface area contributed by atoms with Crippen molar-refractivity contribution in [3.63, 3.8) is 0 Å². The van der Waals surface area contributed by atoms with E-state index in [4.69, 9.17) is 14.2 Å². The Labute approximate surface area is 85.3 Å². The maximum atomic E-state index is 5.71. The van der Waals surface area contributed by atoms with Crippen molar-refractivity contribution < 1.29 is 14.2 Å². The first-order valence-electron chi connectivity index (χ1n) is 4.67. The minimum atomic E-state index is -0.545. The molecule has 14 heavy (non-hydrogen) atoms. The number of allylic oxidation sites excluding steroid dienone is 2. The maximum Gasteiger partial charge on any atom is 0.205 e. The van der Waals surface area contributed by atoms with Crippen LogP contribution >= 0.6 is 0 Å². The summed E-state index contributed by atoms with van der Waals surface area (Å²) < 4.78 is 16.2. The van der Waals surface area contributed by atoms with Gasteiger partial charge in [0.05, 0.1) is 13.4 Å². The summed E-state index contributed by atoms with van der Waals surface area (Å²) in [5.41, 5.74) is -0.373. The van der Waals surface area contributed by atoms with E-state index >= 15 is 0 Å². The van der Waals surface area contributed by atoms with E-state index in [9.17, 15) is 0 Å². The zero-order chi connectivity index (χ0) is 10.8. The number of ether oxygens (including phenoxy) is 3. The zero-order valence-electron chi connectivity index (χ0n) is 9.46. The first kappa shape index (κ1) is 11.1. The van der Waals surface area contributed by atoms with Gasteiger partial charge in [0, 0.05) is 13.8 Å². The summed E-state index contributed by atoms with van der Waals surface area (Å²) in [6, 6.07) is 0. The molecule has 0 aliphatic carbocycles. The smallest absolute Gasteiger partial charge is 0.205 e. The van der Waals surface area contributed by atoms with Gasteiger partial charge < -0.3 is 14.2 Å². The number of methoxy groups -OCH3 is 1. The van der Waals surface area contributed by atoms with Crippen LogP contribution in [-0.2, 0) is 14.2 Å². The third-order valence-corrected chi connectivity index (χ3v) is 1.91. The quantitative estimate of drug-likeness (QED) is 0.638. The molecule has 1 aliphatic rings. The fourth-order valence-electron chi connectivity index (χ4n) is 1.51. The molecule has 0 saturated carbocycles. The van der Waals surface area contributed by atoms with E-state index in [1.165, 1.54) is 0 Å². The van der Waals surface area contributed by atoms with E-state index in [1.807, 2.05) is 33.8 Å². The summed E-state index contributed by atoms with van der Waals surface area (Å²) in [6.07, 6.45) is 5.25. The highest BCUT2D eigenvalue weighted by Crippen LogP contribution is 2.38. The molecule has 0 radical (unpaired) electrons. The molecule has 0 atom stereocenters. The van der Waals surface area contributed by atoms with Crippen molar-refractivity contribution in [3.8, 4) is 0 Å². The predicted molar refractivity (Wildman–Crippen MR) is 54.6 cm³/mol. The van der Waals surface area contributed by atoms with Gasteiger partial charge in [-0.15, -0.1) is 0 Å². The minimum Gasteiger partial charge on any atom is -0.504 e. The molecule has 3 heteroatoms. The van der Waals surface area contributed by atoms with Gasteiger partial charge in [-0.25, -0.2) is 0 Å². The number of hydrogen-bond donors (Lipinski definition) is 0. The molecule has 0 spiro atoms. The lowest BCUT2D eigenvalue weighted by atomic mass is 10.1. The van der Waals surface area contributed by atoms with E-state index in [1.54, 1.807) is 19.4 Å². The Bertz CT molecular complexity index is 262. The summed E-state index contributed by atoms with van der Waals surface area (Å²) >= 11 is 0. The SMILES string of the molecule is COC=CC=C1OC(C)(C)OC1(C)C. The Kier molecular flexibility index (Phi) is 2.90. The summed E-state index contributed by atoms with van der Waals surface area (Å²) in [5, 5.41) is 0. The van der Waals surface area contributed by atoms with Gasteiger partial charge in [-0.05, 0) is 26.0 Å². The molecule has 0 bridgehead atoms. The third kappa shape index (κ3) is 2.51. The first-order chi connectivity index (χ1) is 6.37. The maximum absolute atomic E-state index is 5.71. The van der Waals surface area contributed by atoms with E-state index in [0.29, 0.717) is 0 Å². The van der Waals surface area contributed by atoms with Gasteiger partial charge >= 0.3 is 0 Å². The molecule has 1 heterocycles. The van der Waals surface area contributed by atoms with Gasteiger partial charge in [0.25, 0.3) is 0 Å². The Hall–Kier alpha value is -0.960. The van der Waals surface area contributed by atoms with Crippen molar-refractivity contribution in [1.29, 1.82) is 0 Å². The van der Waals surface area contributed by atoms with Crippen LogP contribution in [0, 0.1) is 0 Å². The van der Waals surface area contributed by atoms with Crippen LogP contribution in [0.2, 0.25) is 0 Å². The Morgan fingerprint density at radius 3 is 2.29 bits per heavy atom. The summed E-state index contributed by atoms with van der Waals surface area (Å²) in [5.74, 6) is 0.270. The van der Waals surface area contributed by atoms with Crippen LogP contribution in [0.15, 0.2) is 24.2 Å². The van der Waals surface area contributed by atoms with Crippen LogP contribution in [0.5, 0.6) is 0 Å². The zero-order valence-corrected chi connectivity index (χ0v) is 9.46. The monoisotopic (exact) mass is 198 g/mol. The van der Waals surface area contributed by atoms with E-state index in [2.05, 4.69) is 0 Å². The molecular formula is C11H18O3. The Balaban J connectivity index is 2.80. The van der Waals surface area contributed by atoms with Crippen molar-refractivity contribution in [1.82, 2.24) is 0 Å². The van der Waals surface area contributed by atoms with Gasteiger partial charge in [0.2, 0.25) is 5.79 Å². The molecule has 1 rings (SSSR count). The largest absolute Gasteiger partial charge is 0.504 e. The molecule has 0 aromatic carbocycles. The second kappa shape index (κ2) is 3.65. The van der Waals surface area contributed by atoms with Gasteiger partial charge in [0.15, 0.2) is 0 Å². The van der Waals surface area contributed by atoms with Crippen LogP contribution in [0.1, 0.15) is 27.7 Å². The van der Waals surface area contributed by atoms with E-state index in [-0.39, 0.29) is 5.60 Å². The fraction of sp³-hybridized carbons (Fsp3) is 0.636. The molecule has 0 amide bonds. The summed E-state index contributed by atoms with van der Waals surface area (Å²) in [7, 11) is 1.61. The van der Waals surface area contributed by atoms with Crippen molar-refractivity contribution in [2.75, 3.05) is 7.11 Å². The van der Waals surface area contributed by atoms with Gasteiger partial charge in [-0.2, -0.15) is 0 Å². The van der Waals surface area contributed by atoms with E-state index < -0.39 is 5.79 Å². The molecule has 1 aliphatic heterocycles. The standard InChI is InChI=1S/C11H18O3/c1-10(2)9(7-6-8-12-5)13-11(3,4)14-10/h6-8H,1-5H3. The molecule has 0 unspecified atom stereocenters. The van der Waals surface area contributed by atoms with E-state index in [0.717, 1.165) is 5.76 Å². The Morgan fingerprint density at radius 1 is 1.21 bits per heavy atom. The second-order valence-electron chi connectivity index (χ2n) is 4.21. The third-order valence-electron chi connectivity index (χ3n) is 1.91. The molecule has 3 nitrogen and oxygen atoms in total. The average Bonchev–Trinajstić information content (AvgIpc) is 2.20. The fourth-order valence-corrected chi connectivity index (χ4v) is 1.51. The summed E-state index contributed by atoms with van der Waals surface area (Å²) in [6.45, 7) is 7.76. The normalized spacial score (nSPS) is 26.8. The van der Waals surface area contributed by atoms with Crippen LogP contribution in [0.4, 0.5) is 0 Å². The molecule has 1 fully saturated rings. The molecule has 1 saturated heterocycles. The van der Waals surface area contributed by atoms with Crippen LogP contribution in [0.25, 0.3) is 0 Å². The van der Waals surface area contributed by atoms with Gasteiger partial charge in [-0.1, -0.05) is 0 Å². The number of hydrogen-bond acceptors (Lipinski definition) is 3. The van der Waals surface area contributed by atoms with Crippen LogP contribution < -0.4 is 0 Å². The molecular weight excluding hydrogens is 180 g/mol. The topological polar surface area (TPSA) is 27.7 Å². The predicted octanol–water partition coefficient (Wildman–Crippen LogP) is 2.59. The lowest BCUT2D eigenvalue weighted by molar-refractivity contribution is -0.151. The molecule has 0 aromatic rings.